The number of amides is 1. The van der Waals surface area contributed by atoms with E-state index in [1.807, 2.05) is 35.2 Å². The topological polar surface area (TPSA) is 32.8 Å². The van der Waals surface area contributed by atoms with Crippen LogP contribution in [0, 0.1) is 5.82 Å². The van der Waals surface area contributed by atoms with Crippen LogP contribution in [-0.2, 0) is 4.79 Å². The second kappa shape index (κ2) is 9.48. The van der Waals surface area contributed by atoms with E-state index >= 15 is 0 Å². The van der Waals surface area contributed by atoms with Gasteiger partial charge in [-0.05, 0) is 36.4 Å². The number of thioether (sulfide) groups is 1. The van der Waals surface area contributed by atoms with E-state index in [1.54, 1.807) is 23.9 Å². The number of piperazine rings is 1. The Bertz CT molecular complexity index is 689. The Morgan fingerprint density at radius 3 is 2.38 bits per heavy atom. The van der Waals surface area contributed by atoms with Crippen molar-refractivity contribution >= 4 is 23.4 Å². The van der Waals surface area contributed by atoms with Crippen molar-refractivity contribution < 1.29 is 13.9 Å². The molecule has 0 saturated carbocycles. The molecular formula is C20H23FN2O2S. The summed E-state index contributed by atoms with van der Waals surface area (Å²) in [5.41, 5.74) is 1.01. The number of ether oxygens (including phenoxy) is 1. The van der Waals surface area contributed by atoms with Gasteiger partial charge < -0.3 is 14.5 Å². The molecule has 2 aromatic carbocycles. The quantitative estimate of drug-likeness (QED) is 0.697. The molecule has 1 saturated heterocycles. The Hall–Kier alpha value is -2.21. The highest BCUT2D eigenvalue weighted by Crippen LogP contribution is 2.17. The van der Waals surface area contributed by atoms with Crippen LogP contribution in [0.5, 0.6) is 5.75 Å². The van der Waals surface area contributed by atoms with Crippen LogP contribution in [0.4, 0.5) is 10.1 Å². The summed E-state index contributed by atoms with van der Waals surface area (Å²) in [6.45, 7) is 3.56. The van der Waals surface area contributed by atoms with Crippen LogP contribution < -0.4 is 9.64 Å². The maximum atomic E-state index is 13.0. The van der Waals surface area contributed by atoms with E-state index in [2.05, 4.69) is 4.90 Å². The molecule has 6 heteroatoms. The van der Waals surface area contributed by atoms with Crippen LogP contribution in [-0.4, -0.2) is 55.1 Å². The van der Waals surface area contributed by atoms with Gasteiger partial charge in [-0.3, -0.25) is 4.79 Å². The van der Waals surface area contributed by atoms with Crippen LogP contribution >= 0.6 is 11.8 Å². The van der Waals surface area contributed by atoms with Gasteiger partial charge in [-0.2, -0.15) is 0 Å². The van der Waals surface area contributed by atoms with Gasteiger partial charge in [0, 0.05) is 37.6 Å². The molecule has 0 spiro atoms. The van der Waals surface area contributed by atoms with Crippen molar-refractivity contribution in [2.45, 2.75) is 0 Å². The summed E-state index contributed by atoms with van der Waals surface area (Å²) in [4.78, 5) is 16.4. The summed E-state index contributed by atoms with van der Waals surface area (Å²) in [5, 5.41) is 0. The minimum Gasteiger partial charge on any atom is -0.493 e. The number of nitrogens with zero attached hydrogens (tertiary/aromatic N) is 2. The molecule has 1 aliphatic heterocycles. The normalized spacial score (nSPS) is 14.3. The van der Waals surface area contributed by atoms with Gasteiger partial charge in [-0.25, -0.2) is 4.39 Å². The Balaban J connectivity index is 1.33. The highest BCUT2D eigenvalue weighted by molar-refractivity contribution is 7.99. The number of para-hydroxylation sites is 1. The van der Waals surface area contributed by atoms with E-state index < -0.39 is 0 Å². The molecule has 0 atom stereocenters. The minimum atomic E-state index is -0.226. The first kappa shape index (κ1) is 18.6. The number of hydrogen-bond acceptors (Lipinski definition) is 4. The van der Waals surface area contributed by atoms with Crippen molar-refractivity contribution in [3.63, 3.8) is 0 Å². The van der Waals surface area contributed by atoms with Gasteiger partial charge in [0.1, 0.15) is 11.6 Å². The Morgan fingerprint density at radius 1 is 1.00 bits per heavy atom. The molecule has 3 rings (SSSR count). The molecule has 0 N–H and O–H groups in total. The first-order valence-corrected chi connectivity index (χ1v) is 9.92. The van der Waals surface area contributed by atoms with Crippen LogP contribution in [0.3, 0.4) is 0 Å². The van der Waals surface area contributed by atoms with Gasteiger partial charge in [0.05, 0.1) is 12.4 Å². The zero-order valence-electron chi connectivity index (χ0n) is 14.6. The summed E-state index contributed by atoms with van der Waals surface area (Å²) < 4.78 is 18.6. The number of halogens is 1. The summed E-state index contributed by atoms with van der Waals surface area (Å²) in [6, 6.07) is 16.2. The van der Waals surface area contributed by atoms with Gasteiger partial charge >= 0.3 is 0 Å². The first-order valence-electron chi connectivity index (χ1n) is 8.76. The van der Waals surface area contributed by atoms with Gasteiger partial charge in [0.25, 0.3) is 0 Å². The lowest BCUT2D eigenvalue weighted by Crippen LogP contribution is -2.49. The van der Waals surface area contributed by atoms with E-state index in [9.17, 15) is 9.18 Å². The SMILES string of the molecule is O=C(CSCCOc1ccccc1)N1CCN(c2ccc(F)cc2)CC1. The van der Waals surface area contributed by atoms with E-state index in [4.69, 9.17) is 4.74 Å². The molecular weight excluding hydrogens is 351 g/mol. The zero-order chi connectivity index (χ0) is 18.2. The standard InChI is InChI=1S/C20H23FN2O2S/c21-17-6-8-18(9-7-17)22-10-12-23(13-11-22)20(24)16-26-15-14-25-19-4-2-1-3-5-19/h1-9H,10-16H2. The predicted molar refractivity (Wildman–Crippen MR) is 104 cm³/mol. The maximum absolute atomic E-state index is 13.0. The molecule has 0 radical (unpaired) electrons. The van der Waals surface area contributed by atoms with Crippen molar-refractivity contribution in [2.75, 3.05) is 49.2 Å². The van der Waals surface area contributed by atoms with E-state index in [1.165, 1.54) is 12.1 Å². The number of benzene rings is 2. The number of rotatable bonds is 7. The fourth-order valence-electron chi connectivity index (χ4n) is 2.85. The Kier molecular flexibility index (Phi) is 6.77. The number of hydrogen-bond donors (Lipinski definition) is 0. The Labute approximate surface area is 157 Å². The largest absolute Gasteiger partial charge is 0.493 e. The lowest BCUT2D eigenvalue weighted by Gasteiger charge is -2.36. The third-order valence-corrected chi connectivity index (χ3v) is 5.20. The van der Waals surface area contributed by atoms with Crippen molar-refractivity contribution in [3.05, 3.63) is 60.4 Å². The molecule has 0 aliphatic carbocycles. The fraction of sp³-hybridized carbons (Fsp3) is 0.350. The third-order valence-electron chi connectivity index (χ3n) is 4.29. The van der Waals surface area contributed by atoms with Crippen LogP contribution in [0.25, 0.3) is 0 Å². The maximum Gasteiger partial charge on any atom is 0.232 e. The van der Waals surface area contributed by atoms with Crippen molar-refractivity contribution in [1.82, 2.24) is 4.90 Å². The van der Waals surface area contributed by atoms with Crippen molar-refractivity contribution in [2.24, 2.45) is 0 Å². The van der Waals surface area contributed by atoms with Gasteiger partial charge in [0.2, 0.25) is 5.91 Å². The summed E-state index contributed by atoms with van der Waals surface area (Å²) in [7, 11) is 0. The summed E-state index contributed by atoms with van der Waals surface area (Å²) >= 11 is 1.60. The lowest BCUT2D eigenvalue weighted by molar-refractivity contribution is -0.128. The number of carbonyl (C=O) groups excluding carboxylic acids is 1. The smallest absolute Gasteiger partial charge is 0.232 e. The van der Waals surface area contributed by atoms with Gasteiger partial charge in [-0.15, -0.1) is 11.8 Å². The minimum absolute atomic E-state index is 0.175. The molecule has 1 heterocycles. The summed E-state index contributed by atoms with van der Waals surface area (Å²) in [5.74, 6) is 2.07. The molecule has 1 aliphatic rings. The molecule has 138 valence electrons. The monoisotopic (exact) mass is 374 g/mol. The summed E-state index contributed by atoms with van der Waals surface area (Å²) in [6.07, 6.45) is 0. The second-order valence-electron chi connectivity index (χ2n) is 6.06. The molecule has 26 heavy (non-hydrogen) atoms. The average Bonchev–Trinajstić information content (AvgIpc) is 2.69. The molecule has 1 fully saturated rings. The Morgan fingerprint density at radius 2 is 1.69 bits per heavy atom. The zero-order valence-corrected chi connectivity index (χ0v) is 15.5. The third kappa shape index (κ3) is 5.39. The van der Waals surface area contributed by atoms with E-state index in [-0.39, 0.29) is 11.7 Å². The average molecular weight is 374 g/mol. The highest BCUT2D eigenvalue weighted by Gasteiger charge is 2.21. The predicted octanol–water partition coefficient (Wildman–Crippen LogP) is 3.29. The van der Waals surface area contributed by atoms with Crippen molar-refractivity contribution in [3.8, 4) is 5.75 Å². The van der Waals surface area contributed by atoms with E-state index in [0.29, 0.717) is 25.4 Å². The second-order valence-corrected chi connectivity index (χ2v) is 7.16. The highest BCUT2D eigenvalue weighted by atomic mass is 32.2. The molecule has 4 nitrogen and oxygen atoms in total. The molecule has 1 amide bonds. The molecule has 2 aromatic rings. The van der Waals surface area contributed by atoms with Crippen LogP contribution in [0.2, 0.25) is 0 Å². The first-order chi connectivity index (χ1) is 12.7. The lowest BCUT2D eigenvalue weighted by atomic mass is 10.2. The van der Waals surface area contributed by atoms with Gasteiger partial charge in [-0.1, -0.05) is 18.2 Å². The van der Waals surface area contributed by atoms with Crippen LogP contribution in [0.15, 0.2) is 54.6 Å². The fourth-order valence-corrected chi connectivity index (χ4v) is 3.55. The molecule has 0 aromatic heterocycles. The number of carbonyl (C=O) groups is 1. The molecule has 0 bridgehead atoms. The number of anilines is 1. The van der Waals surface area contributed by atoms with E-state index in [0.717, 1.165) is 30.3 Å². The van der Waals surface area contributed by atoms with Crippen molar-refractivity contribution in [1.29, 1.82) is 0 Å². The van der Waals surface area contributed by atoms with Gasteiger partial charge in [0.15, 0.2) is 0 Å². The van der Waals surface area contributed by atoms with Crippen LogP contribution in [0.1, 0.15) is 0 Å². The molecule has 0 unspecified atom stereocenters.